The molecule has 2 aromatic carbocycles. The van der Waals surface area contributed by atoms with Crippen molar-refractivity contribution in [2.24, 2.45) is 5.73 Å². The second-order valence-electron chi connectivity index (χ2n) is 17.5. The van der Waals surface area contributed by atoms with E-state index >= 15 is 0 Å². The molecule has 0 spiro atoms. The number of ether oxygens (including phenoxy) is 1. The van der Waals surface area contributed by atoms with Crippen LogP contribution in [-0.2, 0) is 26.2 Å². The number of benzene rings is 2. The van der Waals surface area contributed by atoms with Gasteiger partial charge in [0.2, 0.25) is 11.8 Å². The number of nitrogens with two attached hydrogens (primary N) is 1. The molecule has 0 bridgehead atoms. The van der Waals surface area contributed by atoms with Crippen molar-refractivity contribution >= 4 is 52.9 Å². The predicted molar refractivity (Wildman–Crippen MR) is 234 cm³/mol. The van der Waals surface area contributed by atoms with E-state index in [0.29, 0.717) is 94.3 Å². The maximum absolute atomic E-state index is 13.2. The Bertz CT molecular complexity index is 2310. The monoisotopic (exact) mass is 860 g/mol. The molecule has 6 heterocycles. The number of amides is 7. The summed E-state index contributed by atoms with van der Waals surface area (Å²) in [5, 5.41) is 5.92. The highest BCUT2D eigenvalue weighted by atomic mass is 16.5. The molecule has 0 radical (unpaired) electrons. The zero-order valence-corrected chi connectivity index (χ0v) is 36.1. The number of imide groups is 1. The Hall–Kier alpha value is -6.36. The van der Waals surface area contributed by atoms with E-state index in [2.05, 4.69) is 46.2 Å². The predicted octanol–water partition coefficient (Wildman–Crippen LogP) is 3.96. The van der Waals surface area contributed by atoms with Gasteiger partial charge in [0.15, 0.2) is 11.5 Å². The molecule has 332 valence electrons. The molecule has 7 amide bonds. The van der Waals surface area contributed by atoms with Gasteiger partial charge >= 0.3 is 6.03 Å². The molecule has 0 saturated carbocycles. The molecule has 63 heavy (non-hydrogen) atoms. The lowest BCUT2D eigenvalue weighted by atomic mass is 9.74. The lowest BCUT2D eigenvalue weighted by Gasteiger charge is -2.40. The second kappa shape index (κ2) is 18.2. The molecule has 0 aliphatic carbocycles. The number of carbonyl (C=O) groups excluding carboxylic acids is 6. The molecular formula is C46H56N10O7. The van der Waals surface area contributed by atoms with Crippen LogP contribution in [0.1, 0.15) is 101 Å². The summed E-state index contributed by atoms with van der Waals surface area (Å²) >= 11 is 0. The van der Waals surface area contributed by atoms with Crippen LogP contribution in [0.3, 0.4) is 0 Å². The fraction of sp³-hybridized carbons (Fsp3) is 0.478. The van der Waals surface area contributed by atoms with Crippen LogP contribution < -0.4 is 21.3 Å². The Morgan fingerprint density at radius 1 is 0.968 bits per heavy atom. The minimum absolute atomic E-state index is 0.0452. The van der Waals surface area contributed by atoms with E-state index in [0.717, 1.165) is 53.9 Å². The van der Waals surface area contributed by atoms with Gasteiger partial charge in [-0.15, -0.1) is 0 Å². The van der Waals surface area contributed by atoms with Crippen LogP contribution in [-0.4, -0.2) is 137 Å². The number of nitrogens with zero attached hydrogens (tertiary/aromatic N) is 7. The average Bonchev–Trinajstić information content (AvgIpc) is 3.74. The molecule has 4 fully saturated rings. The Balaban J connectivity index is 0.777. The van der Waals surface area contributed by atoms with Gasteiger partial charge in [0.05, 0.1) is 36.4 Å². The van der Waals surface area contributed by atoms with E-state index < -0.39 is 23.8 Å². The number of hydrogen-bond acceptors (Lipinski definition) is 11. The standard InChI is InChI=1S/C46H56N10O7/c1-29-8-15-36(42(59)49-29)56-43(60)34-14-9-30(26-35(34)44(56)61)6-5-24-63-25-16-38(57)53-20-17-46(2,18-21-53)31-10-12-32(13-11-31)50-41-39(40(47)58)48-27-37(51-41)54-19-4-7-33(28-54)55-23-22-52(3)45(55)62/h9-14,26-27,33,36H,1,4-8,15-25,28H2,2-3H3,(H2,47,58)(H,49,59)(H,50,51)/t33-,36?/m1/s1. The van der Waals surface area contributed by atoms with E-state index in [1.54, 1.807) is 23.2 Å². The van der Waals surface area contributed by atoms with Crippen LogP contribution in [0.5, 0.6) is 0 Å². The number of rotatable bonds is 14. The van der Waals surface area contributed by atoms with Crippen LogP contribution in [0.4, 0.5) is 22.1 Å². The molecule has 1 aromatic heterocycles. The summed E-state index contributed by atoms with van der Waals surface area (Å²) < 4.78 is 5.83. The number of primary amides is 1. The Morgan fingerprint density at radius 3 is 2.44 bits per heavy atom. The van der Waals surface area contributed by atoms with Crippen LogP contribution in [0, 0.1) is 0 Å². The number of likely N-dealkylation sites (N-methyl/N-ethyl adjacent to an activating group) is 1. The number of carbonyl (C=O) groups is 6. The molecular weight excluding hydrogens is 805 g/mol. The number of urea groups is 1. The molecule has 4 N–H and O–H groups in total. The molecule has 1 unspecified atom stereocenters. The van der Waals surface area contributed by atoms with E-state index in [4.69, 9.17) is 15.5 Å². The Labute approximate surface area is 367 Å². The topological polar surface area (TPSA) is 204 Å². The molecule has 17 nitrogen and oxygen atoms in total. The first-order valence-corrected chi connectivity index (χ1v) is 22.0. The fourth-order valence-electron chi connectivity index (χ4n) is 9.41. The number of nitrogens with one attached hydrogen (secondary N) is 2. The summed E-state index contributed by atoms with van der Waals surface area (Å²) in [6.07, 6.45) is 7.46. The summed E-state index contributed by atoms with van der Waals surface area (Å²) in [6, 6.07) is 12.5. The van der Waals surface area contributed by atoms with Crippen LogP contribution in [0.25, 0.3) is 0 Å². The average molecular weight is 861 g/mol. The highest BCUT2D eigenvalue weighted by Gasteiger charge is 2.44. The maximum Gasteiger partial charge on any atom is 0.320 e. The lowest BCUT2D eigenvalue weighted by molar-refractivity contribution is -0.134. The number of fused-ring (bicyclic) bond motifs is 1. The van der Waals surface area contributed by atoms with Crippen molar-refractivity contribution in [3.8, 4) is 0 Å². The molecule has 2 atom stereocenters. The number of piperidine rings is 3. The molecule has 8 rings (SSSR count). The third kappa shape index (κ3) is 9.10. The van der Waals surface area contributed by atoms with Gasteiger partial charge in [-0.2, -0.15) is 0 Å². The van der Waals surface area contributed by atoms with Crippen LogP contribution in [0.15, 0.2) is 60.9 Å². The quantitative estimate of drug-likeness (QED) is 0.156. The smallest absolute Gasteiger partial charge is 0.320 e. The largest absolute Gasteiger partial charge is 0.381 e. The lowest BCUT2D eigenvalue weighted by Crippen LogP contribution is -2.51. The zero-order chi connectivity index (χ0) is 44.4. The first-order chi connectivity index (χ1) is 30.3. The van der Waals surface area contributed by atoms with Crippen LogP contribution in [0.2, 0.25) is 0 Å². The van der Waals surface area contributed by atoms with Gasteiger partial charge in [-0.1, -0.05) is 31.7 Å². The summed E-state index contributed by atoms with van der Waals surface area (Å²) in [6.45, 7) is 10.8. The number of likely N-dealkylation sites (tertiary alicyclic amines) is 1. The van der Waals surface area contributed by atoms with Gasteiger partial charge in [-0.25, -0.2) is 14.8 Å². The third-order valence-electron chi connectivity index (χ3n) is 13.3. The van der Waals surface area contributed by atoms with Crippen molar-refractivity contribution in [3.05, 3.63) is 88.9 Å². The summed E-state index contributed by atoms with van der Waals surface area (Å²) in [5.41, 5.74) is 9.61. The minimum atomic E-state index is -0.843. The third-order valence-corrected chi connectivity index (χ3v) is 13.3. The van der Waals surface area contributed by atoms with Gasteiger partial charge in [0.25, 0.3) is 17.7 Å². The number of aromatic nitrogens is 2. The molecule has 3 aromatic rings. The highest BCUT2D eigenvalue weighted by Crippen LogP contribution is 2.36. The number of hydrogen-bond donors (Lipinski definition) is 3. The zero-order valence-electron chi connectivity index (χ0n) is 36.1. The number of aryl methyl sites for hydroxylation is 1. The number of anilines is 3. The highest BCUT2D eigenvalue weighted by molar-refractivity contribution is 6.23. The van der Waals surface area contributed by atoms with E-state index in [1.165, 1.54) is 0 Å². The SMILES string of the molecule is C=C1CCC(N2C(=O)c3ccc(CCCOCCC(=O)N4CCC(C)(c5ccc(Nc6nc(N7CCC[C@@H](N8CCN(C)C8=O)C7)cnc6C(N)=O)cc5)CC4)cc3C2=O)C(=O)N1. The van der Waals surface area contributed by atoms with Crippen molar-refractivity contribution in [2.45, 2.75) is 82.2 Å². The van der Waals surface area contributed by atoms with Gasteiger partial charge in [-0.3, -0.25) is 28.9 Å². The minimum Gasteiger partial charge on any atom is -0.381 e. The maximum atomic E-state index is 13.2. The molecule has 4 saturated heterocycles. The van der Waals surface area contributed by atoms with Crippen molar-refractivity contribution < 1.29 is 33.5 Å². The molecule has 17 heteroatoms. The van der Waals surface area contributed by atoms with Gasteiger partial charge in [-0.05, 0) is 92.2 Å². The van der Waals surface area contributed by atoms with Crippen molar-refractivity contribution in [1.29, 1.82) is 0 Å². The van der Waals surface area contributed by atoms with Crippen molar-refractivity contribution in [1.82, 2.24) is 34.9 Å². The van der Waals surface area contributed by atoms with Gasteiger partial charge in [0, 0.05) is 64.3 Å². The summed E-state index contributed by atoms with van der Waals surface area (Å²) in [5.74, 6) is -1.03. The van der Waals surface area contributed by atoms with Crippen molar-refractivity contribution in [2.75, 3.05) is 69.7 Å². The van der Waals surface area contributed by atoms with E-state index in [9.17, 15) is 28.8 Å². The molecule has 5 aliphatic rings. The Kier molecular flexibility index (Phi) is 12.5. The first kappa shape index (κ1) is 43.3. The van der Waals surface area contributed by atoms with Crippen molar-refractivity contribution in [3.63, 3.8) is 0 Å². The fourth-order valence-corrected chi connectivity index (χ4v) is 9.41. The second-order valence-corrected chi connectivity index (χ2v) is 17.5. The first-order valence-electron chi connectivity index (χ1n) is 22.0. The molecule has 5 aliphatic heterocycles. The summed E-state index contributed by atoms with van der Waals surface area (Å²) in [4.78, 5) is 94.9. The van der Waals surface area contributed by atoms with Gasteiger partial charge < -0.3 is 40.7 Å². The summed E-state index contributed by atoms with van der Waals surface area (Å²) in [7, 11) is 1.82. The van der Waals surface area contributed by atoms with Gasteiger partial charge in [0.1, 0.15) is 11.9 Å². The van der Waals surface area contributed by atoms with E-state index in [-0.39, 0.29) is 47.2 Å². The number of allylic oxidation sites excluding steroid dienone is 1. The Morgan fingerprint density at radius 2 is 1.73 bits per heavy atom. The normalized spacial score (nSPS) is 21.2. The van der Waals surface area contributed by atoms with E-state index in [1.807, 2.05) is 35.0 Å². The van der Waals surface area contributed by atoms with Crippen LogP contribution >= 0.6 is 0 Å².